The molecule has 3 aromatic rings. The molecule has 3 heterocycles. The van der Waals surface area contributed by atoms with Crippen LogP contribution in [0.4, 0.5) is 0 Å². The van der Waals surface area contributed by atoms with Crippen molar-refractivity contribution in [1.29, 1.82) is 0 Å². The van der Waals surface area contributed by atoms with E-state index >= 15 is 0 Å². The Labute approximate surface area is 250 Å². The summed E-state index contributed by atoms with van der Waals surface area (Å²) >= 11 is 0. The second kappa shape index (κ2) is 12.1. The monoisotopic (exact) mass is 568 g/mol. The molecule has 0 amide bonds. The van der Waals surface area contributed by atoms with Crippen molar-refractivity contribution >= 4 is 5.97 Å². The number of aryl methyl sites for hydroxylation is 1. The summed E-state index contributed by atoms with van der Waals surface area (Å²) in [4.78, 5) is 18.9. The van der Waals surface area contributed by atoms with Crippen molar-refractivity contribution in [3.63, 3.8) is 0 Å². The Balaban J connectivity index is 1.32. The fraction of sp³-hybridized carbons (Fsp3) is 0.500. The van der Waals surface area contributed by atoms with Gasteiger partial charge in [0.2, 0.25) is 5.88 Å². The Kier molecular flexibility index (Phi) is 8.26. The van der Waals surface area contributed by atoms with Crippen LogP contribution >= 0.6 is 0 Å². The van der Waals surface area contributed by atoms with E-state index in [1.807, 2.05) is 19.2 Å². The van der Waals surface area contributed by atoms with Crippen LogP contribution in [0.2, 0.25) is 0 Å². The Morgan fingerprint density at radius 2 is 1.83 bits per heavy atom. The summed E-state index contributed by atoms with van der Waals surface area (Å²) in [5, 5.41) is 9.78. The number of carboxylic acid groups (broad SMARTS) is 1. The first kappa shape index (κ1) is 28.7. The van der Waals surface area contributed by atoms with Crippen LogP contribution in [0.25, 0.3) is 11.1 Å². The van der Waals surface area contributed by atoms with E-state index in [1.54, 1.807) is 7.11 Å². The molecule has 2 aliphatic heterocycles. The first-order valence-electron chi connectivity index (χ1n) is 15.7. The molecule has 6 rings (SSSR count). The molecule has 5 atom stereocenters. The Morgan fingerprint density at radius 1 is 1.05 bits per heavy atom. The van der Waals surface area contributed by atoms with E-state index < -0.39 is 11.9 Å². The SMILES string of the molecule is COc1cc(-c2ccc(C3CCc4ccc([C@H](C5CC5)[C@H](C)C(=O)O)cc4O3)cc2CN2[C@@H](C)CCC[C@@H]2C)ccn1. The van der Waals surface area contributed by atoms with Gasteiger partial charge in [0.1, 0.15) is 11.9 Å². The molecule has 1 aromatic heterocycles. The molecule has 0 radical (unpaired) electrons. The van der Waals surface area contributed by atoms with Gasteiger partial charge in [-0.3, -0.25) is 9.69 Å². The van der Waals surface area contributed by atoms with Gasteiger partial charge in [-0.1, -0.05) is 43.7 Å². The topological polar surface area (TPSA) is 71.9 Å². The number of hydrogen-bond acceptors (Lipinski definition) is 5. The maximum atomic E-state index is 11.9. The van der Waals surface area contributed by atoms with E-state index in [9.17, 15) is 9.90 Å². The second-order valence-corrected chi connectivity index (χ2v) is 12.8. The molecule has 0 spiro atoms. The predicted octanol–water partition coefficient (Wildman–Crippen LogP) is 7.80. The average Bonchev–Trinajstić information content (AvgIpc) is 3.84. The van der Waals surface area contributed by atoms with Crippen molar-refractivity contribution < 1.29 is 19.4 Å². The van der Waals surface area contributed by atoms with Gasteiger partial charge < -0.3 is 14.6 Å². The predicted molar refractivity (Wildman–Crippen MR) is 165 cm³/mol. The summed E-state index contributed by atoms with van der Waals surface area (Å²) in [6.07, 6.45) is 9.61. The number of aliphatic carboxylic acids is 1. The number of nitrogens with zero attached hydrogens (tertiary/aromatic N) is 2. The number of aromatic nitrogens is 1. The number of pyridine rings is 1. The smallest absolute Gasteiger partial charge is 0.306 e. The third-order valence-electron chi connectivity index (χ3n) is 9.96. The van der Waals surface area contributed by atoms with E-state index in [0.717, 1.165) is 49.1 Å². The second-order valence-electron chi connectivity index (χ2n) is 12.8. The number of hydrogen-bond donors (Lipinski definition) is 1. The third kappa shape index (κ3) is 5.92. The van der Waals surface area contributed by atoms with Gasteiger partial charge in [-0.05, 0) is 110 Å². The number of rotatable bonds is 9. The summed E-state index contributed by atoms with van der Waals surface area (Å²) in [5.74, 6) is 0.891. The first-order valence-corrected chi connectivity index (χ1v) is 15.7. The van der Waals surface area contributed by atoms with Crippen LogP contribution in [0.3, 0.4) is 0 Å². The quantitative estimate of drug-likeness (QED) is 0.284. The molecule has 2 aromatic carbocycles. The molecule has 1 N–H and O–H groups in total. The van der Waals surface area contributed by atoms with Crippen LogP contribution < -0.4 is 9.47 Å². The normalized spacial score (nSPS) is 23.9. The number of fused-ring (bicyclic) bond motifs is 1. The highest BCUT2D eigenvalue weighted by molar-refractivity contribution is 5.71. The minimum absolute atomic E-state index is 0.0357. The lowest BCUT2D eigenvalue weighted by atomic mass is 9.82. The molecule has 6 heteroatoms. The lowest BCUT2D eigenvalue weighted by Crippen LogP contribution is -2.43. The first-order chi connectivity index (χ1) is 20.3. The van der Waals surface area contributed by atoms with Crippen LogP contribution in [-0.4, -0.2) is 40.2 Å². The van der Waals surface area contributed by atoms with Crippen LogP contribution in [-0.2, 0) is 17.8 Å². The molecule has 3 aliphatic rings. The van der Waals surface area contributed by atoms with Gasteiger partial charge in [0.05, 0.1) is 13.0 Å². The number of benzene rings is 2. The highest BCUT2D eigenvalue weighted by atomic mass is 16.5. The molecular weight excluding hydrogens is 524 g/mol. The number of ether oxygens (including phenoxy) is 2. The molecular formula is C36H44N2O4. The molecule has 2 fully saturated rings. The standard InChI is InChI=1S/C36H44N2O4/c1-22-6-5-7-23(2)38(22)21-30-18-28(12-14-31(30)27-16-17-37-34(20-27)41-4)32-15-13-25-8-11-29(19-33(25)42-32)35(26-9-10-26)24(3)36(39)40/h8,11-12,14,16-20,22-24,26,32,35H,5-7,9-10,13,15,21H2,1-4H3,(H,39,40)/t22-,23-,24-,32?,35-/m0/s1. The van der Waals surface area contributed by atoms with Crippen molar-refractivity contribution in [3.05, 3.63) is 77.0 Å². The van der Waals surface area contributed by atoms with E-state index in [-0.39, 0.29) is 12.0 Å². The summed E-state index contributed by atoms with van der Waals surface area (Å²) < 4.78 is 12.2. The van der Waals surface area contributed by atoms with Gasteiger partial charge in [-0.2, -0.15) is 0 Å². The van der Waals surface area contributed by atoms with E-state index in [0.29, 0.717) is 23.9 Å². The molecule has 6 nitrogen and oxygen atoms in total. The van der Waals surface area contributed by atoms with Gasteiger partial charge in [-0.25, -0.2) is 4.98 Å². The Bertz CT molecular complexity index is 1420. The van der Waals surface area contributed by atoms with Gasteiger partial charge in [0, 0.05) is 30.9 Å². The van der Waals surface area contributed by atoms with Gasteiger partial charge >= 0.3 is 5.97 Å². The minimum atomic E-state index is -0.722. The molecule has 1 saturated carbocycles. The summed E-state index contributed by atoms with van der Waals surface area (Å²) in [5.41, 5.74) is 7.12. The zero-order valence-corrected chi connectivity index (χ0v) is 25.4. The molecule has 1 unspecified atom stereocenters. The van der Waals surface area contributed by atoms with Crippen molar-refractivity contribution in [3.8, 4) is 22.8 Å². The van der Waals surface area contributed by atoms with E-state index in [4.69, 9.17) is 9.47 Å². The Hall–Kier alpha value is -3.38. The van der Waals surface area contributed by atoms with Crippen molar-refractivity contribution in [1.82, 2.24) is 9.88 Å². The van der Waals surface area contributed by atoms with Crippen molar-refractivity contribution in [2.75, 3.05) is 7.11 Å². The minimum Gasteiger partial charge on any atom is -0.485 e. The van der Waals surface area contributed by atoms with Gasteiger partial charge in [-0.15, -0.1) is 0 Å². The number of methoxy groups -OCH3 is 1. The van der Waals surface area contributed by atoms with Crippen LogP contribution in [0, 0.1) is 11.8 Å². The van der Waals surface area contributed by atoms with Crippen LogP contribution in [0.15, 0.2) is 54.7 Å². The maximum Gasteiger partial charge on any atom is 0.306 e. The van der Waals surface area contributed by atoms with Crippen LogP contribution in [0.5, 0.6) is 11.6 Å². The number of likely N-dealkylation sites (tertiary alicyclic amines) is 1. The maximum absolute atomic E-state index is 11.9. The molecule has 1 saturated heterocycles. The molecule has 42 heavy (non-hydrogen) atoms. The van der Waals surface area contributed by atoms with E-state index in [2.05, 4.69) is 66.2 Å². The lowest BCUT2D eigenvalue weighted by molar-refractivity contribution is -0.142. The van der Waals surface area contributed by atoms with E-state index in [1.165, 1.54) is 41.5 Å². The summed E-state index contributed by atoms with van der Waals surface area (Å²) in [6, 6.07) is 18.4. The zero-order chi connectivity index (χ0) is 29.4. The van der Waals surface area contributed by atoms with Crippen molar-refractivity contribution in [2.45, 2.75) is 96.4 Å². The average molecular weight is 569 g/mol. The van der Waals surface area contributed by atoms with Gasteiger partial charge in [0.15, 0.2) is 0 Å². The van der Waals surface area contributed by atoms with Crippen LogP contribution in [0.1, 0.15) is 93.6 Å². The largest absolute Gasteiger partial charge is 0.485 e. The third-order valence-corrected chi connectivity index (χ3v) is 9.96. The highest BCUT2D eigenvalue weighted by Crippen LogP contribution is 2.48. The van der Waals surface area contributed by atoms with Gasteiger partial charge in [0.25, 0.3) is 0 Å². The molecule has 1 aliphatic carbocycles. The highest BCUT2D eigenvalue weighted by Gasteiger charge is 2.39. The molecule has 0 bridgehead atoms. The van der Waals surface area contributed by atoms with Crippen molar-refractivity contribution in [2.24, 2.45) is 11.8 Å². The summed E-state index contributed by atoms with van der Waals surface area (Å²) in [7, 11) is 1.66. The fourth-order valence-electron chi connectivity index (χ4n) is 7.30. The fourth-order valence-corrected chi connectivity index (χ4v) is 7.30. The lowest BCUT2D eigenvalue weighted by Gasteiger charge is -2.39. The number of carbonyl (C=O) groups is 1. The number of carboxylic acids is 1. The summed E-state index contributed by atoms with van der Waals surface area (Å²) in [6.45, 7) is 7.45. The zero-order valence-electron chi connectivity index (χ0n) is 25.4. The Morgan fingerprint density at radius 3 is 2.55 bits per heavy atom. The number of piperidine rings is 1. The molecule has 222 valence electrons.